The monoisotopic (exact) mass is 623 g/mol. The summed E-state index contributed by atoms with van der Waals surface area (Å²) in [7, 11) is -4.82. The van der Waals surface area contributed by atoms with Gasteiger partial charge < -0.3 is 9.84 Å². The number of alkyl halides is 3. The van der Waals surface area contributed by atoms with E-state index in [-0.39, 0.29) is 64.8 Å². The van der Waals surface area contributed by atoms with E-state index in [4.69, 9.17) is 11.6 Å². The number of esters is 1. The van der Waals surface area contributed by atoms with Crippen LogP contribution in [0.15, 0.2) is 89.2 Å². The summed E-state index contributed by atoms with van der Waals surface area (Å²) < 4.78 is 111. The maximum atomic E-state index is 13.6. The summed E-state index contributed by atoms with van der Waals surface area (Å²) in [4.78, 5) is 16.9. The molecule has 0 bridgehead atoms. The van der Waals surface area contributed by atoms with E-state index >= 15 is 0 Å². The molecule has 12 heteroatoms. The maximum Gasteiger partial charge on any atom is 0.417 e. The number of halogens is 3. The van der Waals surface area contributed by atoms with Crippen LogP contribution in [-0.4, -0.2) is 35.3 Å². The Bertz CT molecular complexity index is 1830. The van der Waals surface area contributed by atoms with Gasteiger partial charge >= 0.3 is 22.2 Å². The van der Waals surface area contributed by atoms with E-state index in [9.17, 15) is 36.7 Å². The van der Waals surface area contributed by atoms with Gasteiger partial charge in [0.15, 0.2) is 5.03 Å². The molecule has 0 amide bonds. The molecule has 0 saturated carbocycles. The summed E-state index contributed by atoms with van der Waals surface area (Å²) in [6.07, 6.45) is -3.47. The summed E-state index contributed by atoms with van der Waals surface area (Å²) in [6.45, 7) is 3.54. The Kier molecular flexibility index (Phi) is 7.59. The Labute approximate surface area is 255 Å². The van der Waals surface area contributed by atoms with Crippen LogP contribution in [0.1, 0.15) is 75.4 Å². The van der Waals surface area contributed by atoms with Crippen molar-refractivity contribution < 1.29 is 48.3 Å². The average molecular weight is 624 g/mol. The van der Waals surface area contributed by atoms with Crippen LogP contribution >= 0.6 is 0 Å². The molecule has 2 N–H and O–H groups in total. The first kappa shape index (κ1) is 25.6. The number of aliphatic hydroxyl groups excluding tert-OH is 1. The summed E-state index contributed by atoms with van der Waals surface area (Å²) in [6, 6.07) is 4.29. The van der Waals surface area contributed by atoms with Gasteiger partial charge in [0.1, 0.15) is 11.4 Å². The number of cyclic esters (lactones) is 1. The average Bonchev–Trinajstić information content (AvgIpc) is 3.04. The SMILES string of the molecule is [2H]c1c([2H])c([2H])c(CC[C@]2(CCC)CC(O)=C([C@H](CC)c3cccc(N(O)S(=O)(=O)c4ccc(C(F)(F)F)cn4)c3)C(=O)O2)c([2H])c1[2H]. The molecule has 0 fully saturated rings. The van der Waals surface area contributed by atoms with Gasteiger partial charge in [-0.1, -0.05) is 62.6 Å². The fraction of sp³-hybridized carbons (Fsp3) is 0.355. The number of aliphatic hydroxyl groups is 1. The summed E-state index contributed by atoms with van der Waals surface area (Å²) >= 11 is 0. The number of nitrogens with zero attached hydrogens (tertiary/aromatic N) is 2. The maximum absolute atomic E-state index is 13.6. The van der Waals surface area contributed by atoms with Crippen LogP contribution in [0.4, 0.5) is 18.9 Å². The number of carbonyl (C=O) groups is 1. The minimum absolute atomic E-state index is 0.0283. The van der Waals surface area contributed by atoms with E-state index in [0.29, 0.717) is 36.7 Å². The molecule has 2 aromatic carbocycles. The summed E-state index contributed by atoms with van der Waals surface area (Å²) in [5.74, 6) is -1.98. The first-order valence-electron chi connectivity index (χ1n) is 16.0. The van der Waals surface area contributed by atoms with Crippen molar-refractivity contribution in [3.05, 3.63) is 101 Å². The predicted molar refractivity (Wildman–Crippen MR) is 153 cm³/mol. The highest BCUT2D eigenvalue weighted by Gasteiger charge is 2.43. The Morgan fingerprint density at radius 1 is 1.14 bits per heavy atom. The highest BCUT2D eigenvalue weighted by atomic mass is 32.2. The van der Waals surface area contributed by atoms with Crippen LogP contribution in [-0.2, 0) is 32.2 Å². The fourth-order valence-corrected chi connectivity index (χ4v) is 6.15. The third-order valence-corrected chi connectivity index (χ3v) is 8.66. The molecule has 1 aromatic heterocycles. The molecule has 2 atom stereocenters. The number of aromatic nitrogens is 1. The first-order chi connectivity index (χ1) is 22.4. The lowest BCUT2D eigenvalue weighted by molar-refractivity contribution is -0.161. The number of benzene rings is 2. The lowest BCUT2D eigenvalue weighted by Gasteiger charge is -2.38. The molecule has 0 saturated heterocycles. The van der Waals surface area contributed by atoms with E-state index in [1.165, 1.54) is 24.3 Å². The number of rotatable bonds is 11. The molecule has 1 aliphatic heterocycles. The van der Waals surface area contributed by atoms with Crippen LogP contribution in [0.25, 0.3) is 0 Å². The van der Waals surface area contributed by atoms with E-state index in [2.05, 4.69) is 4.98 Å². The number of hydrogen-bond acceptors (Lipinski definition) is 7. The number of ether oxygens (including phenoxy) is 1. The van der Waals surface area contributed by atoms with Gasteiger partial charge in [-0.25, -0.2) is 9.78 Å². The Hall–Kier alpha value is -3.90. The molecule has 2 heterocycles. The number of carbonyl (C=O) groups excluding carboxylic acids is 1. The largest absolute Gasteiger partial charge is 0.512 e. The fourth-order valence-electron chi connectivity index (χ4n) is 5.16. The van der Waals surface area contributed by atoms with Gasteiger partial charge in [-0.05, 0) is 61.1 Å². The minimum Gasteiger partial charge on any atom is -0.512 e. The molecule has 4 rings (SSSR count). The quantitative estimate of drug-likeness (QED) is 0.173. The first-order valence-corrected chi connectivity index (χ1v) is 14.9. The van der Waals surface area contributed by atoms with Crippen molar-refractivity contribution in [1.29, 1.82) is 0 Å². The second-order valence-electron chi connectivity index (χ2n) is 10.1. The van der Waals surface area contributed by atoms with Crippen molar-refractivity contribution in [2.45, 2.75) is 75.1 Å². The third-order valence-electron chi connectivity index (χ3n) is 7.22. The Balaban J connectivity index is 1.63. The number of anilines is 1. The van der Waals surface area contributed by atoms with Crippen LogP contribution in [0.5, 0.6) is 0 Å². The van der Waals surface area contributed by atoms with Crippen LogP contribution in [0.3, 0.4) is 0 Å². The van der Waals surface area contributed by atoms with Crippen molar-refractivity contribution in [3.8, 4) is 0 Å². The minimum atomic E-state index is -4.82. The topological polar surface area (TPSA) is 117 Å². The van der Waals surface area contributed by atoms with Gasteiger partial charge in [0.2, 0.25) is 0 Å². The molecule has 230 valence electrons. The van der Waals surface area contributed by atoms with Crippen LogP contribution in [0, 0.1) is 0 Å². The third kappa shape index (κ3) is 7.02. The summed E-state index contributed by atoms with van der Waals surface area (Å²) in [5.41, 5.74) is -2.46. The van der Waals surface area contributed by atoms with Gasteiger partial charge in [0.25, 0.3) is 0 Å². The highest BCUT2D eigenvalue weighted by Crippen LogP contribution is 2.42. The summed E-state index contributed by atoms with van der Waals surface area (Å²) in [5, 5.41) is 21.1. The van der Waals surface area contributed by atoms with Crippen molar-refractivity contribution >= 4 is 21.7 Å². The highest BCUT2D eigenvalue weighted by molar-refractivity contribution is 7.92. The van der Waals surface area contributed by atoms with E-state index in [0.717, 1.165) is 0 Å². The van der Waals surface area contributed by atoms with E-state index in [1.54, 1.807) is 6.92 Å². The molecule has 3 aromatic rings. The molecule has 8 nitrogen and oxygen atoms in total. The molecule has 0 unspecified atom stereocenters. The van der Waals surface area contributed by atoms with Crippen molar-refractivity contribution in [3.63, 3.8) is 0 Å². The van der Waals surface area contributed by atoms with Crippen LogP contribution in [0.2, 0.25) is 0 Å². The smallest absolute Gasteiger partial charge is 0.417 e. The molecule has 0 radical (unpaired) electrons. The molecule has 0 aliphatic carbocycles. The van der Waals surface area contributed by atoms with Crippen LogP contribution < -0.4 is 4.47 Å². The molecular formula is C31H33F3N2O6S. The molecule has 0 spiro atoms. The second kappa shape index (κ2) is 12.8. The van der Waals surface area contributed by atoms with Gasteiger partial charge in [0, 0.05) is 18.5 Å². The Morgan fingerprint density at radius 3 is 2.44 bits per heavy atom. The van der Waals surface area contributed by atoms with Gasteiger partial charge in [-0.15, -0.1) is 4.47 Å². The zero-order valence-corrected chi connectivity index (χ0v) is 24.1. The zero-order chi connectivity index (χ0) is 35.8. The lowest BCUT2D eigenvalue weighted by Crippen LogP contribution is -2.41. The van der Waals surface area contributed by atoms with Gasteiger partial charge in [-0.3, -0.25) is 5.21 Å². The number of hydrogen-bond donors (Lipinski definition) is 2. The molecular weight excluding hydrogens is 585 g/mol. The molecule has 1 aliphatic rings. The second-order valence-corrected chi connectivity index (χ2v) is 11.9. The van der Waals surface area contributed by atoms with E-state index < -0.39 is 62.4 Å². The Morgan fingerprint density at radius 2 is 1.86 bits per heavy atom. The van der Waals surface area contributed by atoms with Gasteiger partial charge in [0.05, 0.1) is 23.7 Å². The normalized spacial score (nSPS) is 20.0. The van der Waals surface area contributed by atoms with Crippen molar-refractivity contribution in [2.24, 2.45) is 0 Å². The molecule has 43 heavy (non-hydrogen) atoms. The lowest BCUT2D eigenvalue weighted by atomic mass is 9.80. The number of sulfonamides is 1. The number of pyridine rings is 1. The van der Waals surface area contributed by atoms with E-state index in [1.807, 2.05) is 6.92 Å². The predicted octanol–water partition coefficient (Wildman–Crippen LogP) is 7.11. The van der Waals surface area contributed by atoms with Crippen molar-refractivity contribution in [2.75, 3.05) is 4.47 Å². The van der Waals surface area contributed by atoms with Gasteiger partial charge in [-0.2, -0.15) is 21.6 Å². The van der Waals surface area contributed by atoms with Crippen molar-refractivity contribution in [1.82, 2.24) is 4.98 Å². The standard InChI is InChI=1S/C31H33F3N2O6S/c1-3-16-30(17-15-21-9-6-5-7-10-21)19-26(37)28(29(38)42-30)25(4-2)22-11-8-12-24(18-22)36(39)43(40,41)27-14-13-23(20-35-27)31(32,33)34/h5-14,18,20,25,37,39H,3-4,15-17,19H2,1-2H3/t25-,30-/m1/s1/i5D,6D,7D,9D,10D. The zero-order valence-electron chi connectivity index (χ0n) is 28.3.